The molecule has 0 radical (unpaired) electrons. The number of hydrogen-bond donors (Lipinski definition) is 2. The van der Waals surface area contributed by atoms with Crippen LogP contribution in [0.1, 0.15) is 40.0 Å². The molecule has 1 unspecified atom stereocenters. The molecular weight excluding hydrogens is 224 g/mol. The first-order valence-electron chi connectivity index (χ1n) is 7.31. The number of nitrogens with zero attached hydrogens (tertiary/aromatic N) is 2. The molecule has 0 saturated carbocycles. The van der Waals surface area contributed by atoms with Crippen LogP contribution < -0.4 is 10.6 Å². The first-order chi connectivity index (χ1) is 8.61. The van der Waals surface area contributed by atoms with Crippen molar-refractivity contribution in [1.82, 2.24) is 15.5 Å². The maximum absolute atomic E-state index is 4.23. The van der Waals surface area contributed by atoms with E-state index < -0.39 is 0 Å². The fourth-order valence-corrected chi connectivity index (χ4v) is 2.39. The molecule has 1 saturated heterocycles. The molecule has 0 aromatic rings. The van der Waals surface area contributed by atoms with E-state index in [4.69, 9.17) is 0 Å². The minimum absolute atomic E-state index is 0.425. The maximum atomic E-state index is 4.23. The summed E-state index contributed by atoms with van der Waals surface area (Å²) in [7, 11) is 1.83. The third-order valence-corrected chi connectivity index (χ3v) is 3.29. The molecule has 1 atom stereocenters. The summed E-state index contributed by atoms with van der Waals surface area (Å²) in [5, 5.41) is 6.72. The Hall–Kier alpha value is -0.770. The largest absolute Gasteiger partial charge is 0.356 e. The number of likely N-dealkylation sites (tertiary alicyclic amines) is 1. The van der Waals surface area contributed by atoms with Crippen LogP contribution in [0, 0.1) is 5.92 Å². The average molecular weight is 254 g/mol. The Kier molecular flexibility index (Phi) is 7.09. The summed E-state index contributed by atoms with van der Waals surface area (Å²) in [4.78, 5) is 6.82. The van der Waals surface area contributed by atoms with Crippen LogP contribution in [0.2, 0.25) is 0 Å². The Balaban J connectivity index is 2.20. The lowest BCUT2D eigenvalue weighted by atomic mass is 10.1. The van der Waals surface area contributed by atoms with Crippen molar-refractivity contribution in [3.8, 4) is 0 Å². The zero-order valence-corrected chi connectivity index (χ0v) is 12.5. The summed E-state index contributed by atoms with van der Waals surface area (Å²) in [5.74, 6) is 1.57. The van der Waals surface area contributed by atoms with E-state index >= 15 is 0 Å². The SMILES string of the molecule is CN=C(NCC(C)CN1CCCCC1)NC(C)C. The minimum atomic E-state index is 0.425. The van der Waals surface area contributed by atoms with Gasteiger partial charge in [0.1, 0.15) is 0 Å². The summed E-state index contributed by atoms with van der Waals surface area (Å²) in [6.07, 6.45) is 4.15. The molecule has 0 spiro atoms. The van der Waals surface area contributed by atoms with E-state index in [1.165, 1.54) is 38.9 Å². The van der Waals surface area contributed by atoms with Gasteiger partial charge in [-0.05, 0) is 45.7 Å². The third kappa shape index (κ3) is 6.24. The molecule has 1 aliphatic rings. The van der Waals surface area contributed by atoms with Gasteiger partial charge in [-0.25, -0.2) is 0 Å². The van der Waals surface area contributed by atoms with Gasteiger partial charge in [0, 0.05) is 26.2 Å². The summed E-state index contributed by atoms with van der Waals surface area (Å²) < 4.78 is 0. The Labute approximate surface area is 112 Å². The van der Waals surface area contributed by atoms with Crippen molar-refractivity contribution in [3.63, 3.8) is 0 Å². The van der Waals surface area contributed by atoms with Gasteiger partial charge in [-0.15, -0.1) is 0 Å². The standard InChI is InChI=1S/C14H30N4/c1-12(2)17-14(15-4)16-10-13(3)11-18-8-6-5-7-9-18/h12-13H,5-11H2,1-4H3,(H2,15,16,17). The monoisotopic (exact) mass is 254 g/mol. The number of piperidine rings is 1. The van der Waals surface area contributed by atoms with Gasteiger partial charge < -0.3 is 15.5 Å². The number of aliphatic imine (C=N–C) groups is 1. The lowest BCUT2D eigenvalue weighted by molar-refractivity contribution is 0.201. The number of hydrogen-bond acceptors (Lipinski definition) is 2. The molecular formula is C14H30N4. The van der Waals surface area contributed by atoms with Crippen molar-refractivity contribution < 1.29 is 0 Å². The highest BCUT2D eigenvalue weighted by atomic mass is 15.2. The van der Waals surface area contributed by atoms with Gasteiger partial charge in [-0.1, -0.05) is 13.3 Å². The van der Waals surface area contributed by atoms with Gasteiger partial charge in [0.05, 0.1) is 0 Å². The molecule has 0 aromatic carbocycles. The van der Waals surface area contributed by atoms with Crippen molar-refractivity contribution in [2.24, 2.45) is 10.9 Å². The number of nitrogens with one attached hydrogen (secondary N) is 2. The zero-order valence-electron chi connectivity index (χ0n) is 12.5. The van der Waals surface area contributed by atoms with Gasteiger partial charge in [0.25, 0.3) is 0 Å². The first-order valence-corrected chi connectivity index (χ1v) is 7.31. The smallest absolute Gasteiger partial charge is 0.191 e. The Morgan fingerprint density at radius 2 is 1.83 bits per heavy atom. The molecule has 4 nitrogen and oxygen atoms in total. The summed E-state index contributed by atoms with van der Waals surface area (Å²) >= 11 is 0. The van der Waals surface area contributed by atoms with E-state index in [2.05, 4.69) is 41.3 Å². The van der Waals surface area contributed by atoms with Crippen molar-refractivity contribution >= 4 is 5.96 Å². The average Bonchev–Trinajstić information content (AvgIpc) is 2.35. The van der Waals surface area contributed by atoms with Crippen LogP contribution in [0.15, 0.2) is 4.99 Å². The normalized spacial score (nSPS) is 19.9. The fourth-order valence-electron chi connectivity index (χ4n) is 2.39. The van der Waals surface area contributed by atoms with E-state index in [9.17, 15) is 0 Å². The summed E-state index contributed by atoms with van der Waals surface area (Å²) in [5.41, 5.74) is 0. The van der Waals surface area contributed by atoms with Gasteiger partial charge in [0.2, 0.25) is 0 Å². The minimum Gasteiger partial charge on any atom is -0.356 e. The van der Waals surface area contributed by atoms with Crippen LogP contribution in [0.25, 0.3) is 0 Å². The van der Waals surface area contributed by atoms with Crippen LogP contribution in [0.3, 0.4) is 0 Å². The topological polar surface area (TPSA) is 39.7 Å². The highest BCUT2D eigenvalue weighted by Gasteiger charge is 2.13. The van der Waals surface area contributed by atoms with Crippen molar-refractivity contribution in [2.45, 2.75) is 46.1 Å². The number of rotatable bonds is 5. The van der Waals surface area contributed by atoms with E-state index in [-0.39, 0.29) is 0 Å². The second-order valence-corrected chi connectivity index (χ2v) is 5.72. The predicted molar refractivity (Wildman–Crippen MR) is 79.1 cm³/mol. The summed E-state index contributed by atoms with van der Waals surface area (Å²) in [6.45, 7) is 11.3. The van der Waals surface area contributed by atoms with Crippen molar-refractivity contribution in [3.05, 3.63) is 0 Å². The fraction of sp³-hybridized carbons (Fsp3) is 0.929. The number of guanidine groups is 1. The molecule has 0 bridgehead atoms. The van der Waals surface area contributed by atoms with Gasteiger partial charge in [-0.3, -0.25) is 4.99 Å². The Morgan fingerprint density at radius 1 is 1.17 bits per heavy atom. The predicted octanol–water partition coefficient (Wildman–Crippen LogP) is 1.68. The quantitative estimate of drug-likeness (QED) is 0.579. The molecule has 106 valence electrons. The molecule has 18 heavy (non-hydrogen) atoms. The highest BCUT2D eigenvalue weighted by Crippen LogP contribution is 2.10. The lowest BCUT2D eigenvalue weighted by Crippen LogP contribution is -2.44. The van der Waals surface area contributed by atoms with Crippen LogP contribution >= 0.6 is 0 Å². The molecule has 1 fully saturated rings. The van der Waals surface area contributed by atoms with E-state index in [1.807, 2.05) is 7.05 Å². The molecule has 1 heterocycles. The van der Waals surface area contributed by atoms with Crippen LogP contribution in [0.5, 0.6) is 0 Å². The Bertz CT molecular complexity index is 244. The summed E-state index contributed by atoms with van der Waals surface area (Å²) in [6, 6.07) is 0.425. The maximum Gasteiger partial charge on any atom is 0.191 e. The van der Waals surface area contributed by atoms with Crippen LogP contribution in [-0.4, -0.2) is 50.1 Å². The van der Waals surface area contributed by atoms with Gasteiger partial charge in [-0.2, -0.15) is 0 Å². The van der Waals surface area contributed by atoms with Crippen LogP contribution in [0.4, 0.5) is 0 Å². The molecule has 2 N–H and O–H groups in total. The van der Waals surface area contributed by atoms with Crippen LogP contribution in [-0.2, 0) is 0 Å². The second kappa shape index (κ2) is 8.35. The van der Waals surface area contributed by atoms with Crippen molar-refractivity contribution in [1.29, 1.82) is 0 Å². The molecule has 0 aliphatic carbocycles. The molecule has 1 rings (SSSR count). The second-order valence-electron chi connectivity index (χ2n) is 5.72. The van der Waals surface area contributed by atoms with Gasteiger partial charge >= 0.3 is 0 Å². The third-order valence-electron chi connectivity index (χ3n) is 3.29. The highest BCUT2D eigenvalue weighted by molar-refractivity contribution is 5.79. The molecule has 4 heteroatoms. The first kappa shape index (κ1) is 15.3. The van der Waals surface area contributed by atoms with E-state index in [0.29, 0.717) is 12.0 Å². The Morgan fingerprint density at radius 3 is 2.39 bits per heavy atom. The van der Waals surface area contributed by atoms with Gasteiger partial charge in [0.15, 0.2) is 5.96 Å². The van der Waals surface area contributed by atoms with E-state index in [0.717, 1.165) is 12.5 Å². The molecule has 0 amide bonds. The lowest BCUT2D eigenvalue weighted by Gasteiger charge is -2.29. The molecule has 1 aliphatic heterocycles. The molecule has 0 aromatic heterocycles. The van der Waals surface area contributed by atoms with E-state index in [1.54, 1.807) is 0 Å². The van der Waals surface area contributed by atoms with Crippen molar-refractivity contribution in [2.75, 3.05) is 33.2 Å². The zero-order chi connectivity index (χ0) is 13.4.